The van der Waals surface area contributed by atoms with E-state index in [1.165, 1.54) is 18.2 Å². The maximum absolute atomic E-state index is 11.3. The molecule has 0 heterocycles. The summed E-state index contributed by atoms with van der Waals surface area (Å²) < 4.78 is 10.8. The van der Waals surface area contributed by atoms with Crippen molar-refractivity contribution in [3.8, 4) is 23.0 Å². The van der Waals surface area contributed by atoms with Gasteiger partial charge in [-0.1, -0.05) is 12.1 Å². The van der Waals surface area contributed by atoms with Gasteiger partial charge in [-0.25, -0.2) is 0 Å². The Morgan fingerprint density at radius 3 is 2.43 bits per heavy atom. The Hall–Kier alpha value is -2.76. The summed E-state index contributed by atoms with van der Waals surface area (Å²) in [5.74, 6) is 0.639. The van der Waals surface area contributed by atoms with Crippen LogP contribution >= 0.6 is 0 Å². The van der Waals surface area contributed by atoms with Gasteiger partial charge in [0.2, 0.25) is 11.5 Å². The van der Waals surface area contributed by atoms with Gasteiger partial charge in [-0.2, -0.15) is 0 Å². The Labute approximate surface area is 121 Å². The molecule has 0 spiro atoms. The molecular weight excluding hydrogens is 274 g/mol. The number of phenols is 1. The van der Waals surface area contributed by atoms with Crippen molar-refractivity contribution < 1.29 is 19.5 Å². The van der Waals surface area contributed by atoms with Crippen LogP contribution in [0.4, 0.5) is 5.69 Å². The molecule has 0 amide bonds. The van der Waals surface area contributed by atoms with E-state index in [1.807, 2.05) is 0 Å². The molecule has 0 bridgehead atoms. The third-order valence-corrected chi connectivity index (χ3v) is 2.92. The van der Waals surface area contributed by atoms with Gasteiger partial charge < -0.3 is 14.6 Å². The minimum atomic E-state index is -0.543. The molecule has 0 unspecified atom stereocenters. The first-order chi connectivity index (χ1) is 10.0. The quantitative estimate of drug-likeness (QED) is 0.668. The molecule has 0 aliphatic heterocycles. The number of aromatic hydroxyl groups is 1. The molecule has 2 aromatic carbocycles. The summed E-state index contributed by atoms with van der Waals surface area (Å²) >= 11 is 0. The van der Waals surface area contributed by atoms with Crippen LogP contribution in [-0.2, 0) is 0 Å². The number of ether oxygens (including phenoxy) is 2. The van der Waals surface area contributed by atoms with E-state index in [9.17, 15) is 15.2 Å². The third kappa shape index (κ3) is 3.05. The van der Waals surface area contributed by atoms with Crippen LogP contribution in [0.2, 0.25) is 0 Å². The zero-order valence-electron chi connectivity index (χ0n) is 11.7. The van der Waals surface area contributed by atoms with E-state index in [1.54, 1.807) is 32.0 Å². The number of nitro groups is 1. The Bertz CT molecular complexity index is 669. The summed E-state index contributed by atoms with van der Waals surface area (Å²) in [6.45, 7) is 3.73. The standard InChI is InChI=1S/C15H15NO5/c1-3-20-13-8-5-9-14(15(13)16(18)19)21-12-7-4-6-11(17)10(12)2/h4-9,17H,3H2,1-2H3. The average molecular weight is 289 g/mol. The van der Waals surface area contributed by atoms with Gasteiger partial charge in [0.05, 0.1) is 11.5 Å². The highest BCUT2D eigenvalue weighted by molar-refractivity contribution is 5.59. The molecule has 1 N–H and O–H groups in total. The van der Waals surface area contributed by atoms with Gasteiger partial charge in [-0.15, -0.1) is 0 Å². The lowest BCUT2D eigenvalue weighted by atomic mass is 10.2. The van der Waals surface area contributed by atoms with Crippen molar-refractivity contribution in [2.24, 2.45) is 0 Å². The predicted octanol–water partition coefficient (Wildman–Crippen LogP) is 3.80. The average Bonchev–Trinajstić information content (AvgIpc) is 2.44. The summed E-state index contributed by atoms with van der Waals surface area (Å²) in [5, 5.41) is 20.9. The number of benzene rings is 2. The smallest absolute Gasteiger partial charge is 0.352 e. The first kappa shape index (κ1) is 14.6. The lowest BCUT2D eigenvalue weighted by Gasteiger charge is -2.11. The number of hydrogen-bond donors (Lipinski definition) is 1. The zero-order valence-corrected chi connectivity index (χ0v) is 11.7. The number of hydrogen-bond acceptors (Lipinski definition) is 5. The predicted molar refractivity (Wildman–Crippen MR) is 77.2 cm³/mol. The summed E-state index contributed by atoms with van der Waals surface area (Å²) in [5.41, 5.74) is 0.274. The Balaban J connectivity index is 2.46. The lowest BCUT2D eigenvalue weighted by Crippen LogP contribution is -2.00. The van der Waals surface area contributed by atoms with Crippen LogP contribution in [0.3, 0.4) is 0 Å². The van der Waals surface area contributed by atoms with Gasteiger partial charge in [0.1, 0.15) is 11.5 Å². The first-order valence-electron chi connectivity index (χ1n) is 6.41. The number of rotatable bonds is 5. The van der Waals surface area contributed by atoms with E-state index in [-0.39, 0.29) is 22.9 Å². The summed E-state index contributed by atoms with van der Waals surface area (Å²) in [7, 11) is 0. The Kier molecular flexibility index (Phi) is 4.27. The molecule has 110 valence electrons. The molecule has 0 aliphatic carbocycles. The molecule has 0 saturated heterocycles. The number of nitrogens with zero attached hydrogens (tertiary/aromatic N) is 1. The molecule has 2 aromatic rings. The fourth-order valence-electron chi connectivity index (χ4n) is 1.87. The molecular formula is C15H15NO5. The summed E-state index contributed by atoms with van der Waals surface area (Å²) in [6.07, 6.45) is 0. The second kappa shape index (κ2) is 6.13. The van der Waals surface area contributed by atoms with Gasteiger partial charge in [-0.05, 0) is 38.1 Å². The largest absolute Gasteiger partial charge is 0.508 e. The SMILES string of the molecule is CCOc1cccc(Oc2cccc(O)c2C)c1[N+](=O)[O-]. The van der Waals surface area contributed by atoms with Crippen LogP contribution in [0.1, 0.15) is 12.5 Å². The van der Waals surface area contributed by atoms with Crippen LogP contribution in [0.25, 0.3) is 0 Å². The van der Waals surface area contributed by atoms with Crippen molar-refractivity contribution in [2.45, 2.75) is 13.8 Å². The molecule has 0 aliphatic rings. The van der Waals surface area contributed by atoms with E-state index < -0.39 is 4.92 Å². The van der Waals surface area contributed by atoms with Crippen molar-refractivity contribution in [1.82, 2.24) is 0 Å². The first-order valence-corrected chi connectivity index (χ1v) is 6.41. The van der Waals surface area contributed by atoms with E-state index in [4.69, 9.17) is 9.47 Å². The highest BCUT2D eigenvalue weighted by Gasteiger charge is 2.23. The second-order valence-electron chi connectivity index (χ2n) is 4.30. The van der Waals surface area contributed by atoms with Crippen molar-refractivity contribution in [2.75, 3.05) is 6.61 Å². The monoisotopic (exact) mass is 289 g/mol. The molecule has 0 saturated carbocycles. The van der Waals surface area contributed by atoms with Crippen molar-refractivity contribution in [1.29, 1.82) is 0 Å². The maximum Gasteiger partial charge on any atom is 0.352 e. The van der Waals surface area contributed by atoms with Crippen LogP contribution in [0.5, 0.6) is 23.0 Å². The van der Waals surface area contributed by atoms with Crippen LogP contribution < -0.4 is 9.47 Å². The van der Waals surface area contributed by atoms with Gasteiger partial charge in [0.25, 0.3) is 0 Å². The van der Waals surface area contributed by atoms with Crippen LogP contribution in [-0.4, -0.2) is 16.6 Å². The fraction of sp³-hybridized carbons (Fsp3) is 0.200. The lowest BCUT2D eigenvalue weighted by molar-refractivity contribution is -0.386. The van der Waals surface area contributed by atoms with Crippen LogP contribution in [0.15, 0.2) is 36.4 Å². The van der Waals surface area contributed by atoms with Gasteiger partial charge in [0.15, 0.2) is 0 Å². The van der Waals surface area contributed by atoms with Crippen molar-refractivity contribution >= 4 is 5.69 Å². The molecule has 0 radical (unpaired) electrons. The molecule has 6 nitrogen and oxygen atoms in total. The molecule has 0 atom stereocenters. The molecule has 0 aromatic heterocycles. The zero-order chi connectivity index (χ0) is 15.4. The number of nitro benzene ring substituents is 1. The highest BCUT2D eigenvalue weighted by Crippen LogP contribution is 2.40. The van der Waals surface area contributed by atoms with Crippen molar-refractivity contribution in [3.63, 3.8) is 0 Å². The normalized spacial score (nSPS) is 10.2. The van der Waals surface area contributed by atoms with Gasteiger partial charge in [0, 0.05) is 5.56 Å². The Morgan fingerprint density at radius 2 is 1.76 bits per heavy atom. The van der Waals surface area contributed by atoms with E-state index >= 15 is 0 Å². The fourth-order valence-corrected chi connectivity index (χ4v) is 1.87. The minimum Gasteiger partial charge on any atom is -0.508 e. The number of para-hydroxylation sites is 1. The number of phenolic OH excluding ortho intramolecular Hbond substituents is 1. The van der Waals surface area contributed by atoms with Gasteiger partial charge >= 0.3 is 5.69 Å². The highest BCUT2D eigenvalue weighted by atomic mass is 16.6. The van der Waals surface area contributed by atoms with Crippen molar-refractivity contribution in [3.05, 3.63) is 52.1 Å². The third-order valence-electron chi connectivity index (χ3n) is 2.92. The van der Waals surface area contributed by atoms with Crippen LogP contribution in [0, 0.1) is 17.0 Å². The minimum absolute atomic E-state index is 0.0658. The molecule has 0 fully saturated rings. The topological polar surface area (TPSA) is 81.8 Å². The van der Waals surface area contributed by atoms with Gasteiger partial charge in [-0.3, -0.25) is 10.1 Å². The summed E-state index contributed by atoms with van der Waals surface area (Å²) in [6, 6.07) is 9.38. The molecule has 21 heavy (non-hydrogen) atoms. The Morgan fingerprint density at radius 1 is 1.14 bits per heavy atom. The maximum atomic E-state index is 11.3. The molecule has 2 rings (SSSR count). The molecule has 6 heteroatoms. The summed E-state index contributed by atoms with van der Waals surface area (Å²) in [4.78, 5) is 10.7. The second-order valence-corrected chi connectivity index (χ2v) is 4.30. The van der Waals surface area contributed by atoms with E-state index in [0.717, 1.165) is 0 Å². The van der Waals surface area contributed by atoms with E-state index in [2.05, 4.69) is 0 Å². The van der Waals surface area contributed by atoms with E-state index in [0.29, 0.717) is 17.9 Å².